The van der Waals surface area contributed by atoms with Gasteiger partial charge in [-0.05, 0) is 31.6 Å². The molecule has 0 aliphatic carbocycles. The van der Waals surface area contributed by atoms with Gasteiger partial charge in [-0.15, -0.1) is 11.8 Å². The number of imide groups is 1. The second-order valence-corrected chi connectivity index (χ2v) is 19.6. The topological polar surface area (TPSA) is 535 Å². The monoisotopic (exact) mass is 1120 g/mol. The van der Waals surface area contributed by atoms with E-state index in [9.17, 15) is 98.9 Å². The van der Waals surface area contributed by atoms with Gasteiger partial charge in [0.15, 0.2) is 18.6 Å². The Morgan fingerprint density at radius 3 is 2.28 bits per heavy atom. The zero-order valence-corrected chi connectivity index (χ0v) is 41.2. The molecule has 4 rings (SSSR count). The number of carbonyl (C=O) groups excluding carboxylic acids is 5. The van der Waals surface area contributed by atoms with E-state index in [-0.39, 0.29) is 63.4 Å². The molecule has 3 saturated heterocycles. The number of aliphatic hydroxyl groups is 9. The highest BCUT2D eigenvalue weighted by atomic mass is 32.2. The Bertz CT molecular complexity index is 2290. The molecule has 424 valence electrons. The van der Waals surface area contributed by atoms with Crippen molar-refractivity contribution in [2.45, 2.75) is 136 Å². The van der Waals surface area contributed by atoms with Crippen molar-refractivity contribution >= 4 is 66.9 Å². The third-order valence-corrected chi connectivity index (χ3v) is 13.5. The molecule has 0 saturated carbocycles. The Labute approximate surface area is 427 Å². The number of carboxylic acid groups (broad SMARTS) is 2. The van der Waals surface area contributed by atoms with Crippen molar-refractivity contribution in [3.8, 4) is 0 Å². The molecule has 3 fully saturated rings. The molecule has 0 aromatic carbocycles. The average Bonchev–Trinajstić information content (AvgIpc) is 3.60. The van der Waals surface area contributed by atoms with Crippen LogP contribution in [0.25, 0.3) is 0 Å². The molecule has 17 N–H and O–H groups in total. The van der Waals surface area contributed by atoms with Gasteiger partial charge < -0.3 is 102 Å². The Balaban J connectivity index is 1.21. The molecule has 0 radical (unpaired) electrons. The predicted octanol–water partition coefficient (Wildman–Crippen LogP) is -8.18. The fourth-order valence-electron chi connectivity index (χ4n) is 7.50. The van der Waals surface area contributed by atoms with Gasteiger partial charge in [-0.3, -0.25) is 33.4 Å². The molecule has 1 aromatic heterocycles. The number of rotatable bonds is 29. The predicted molar refractivity (Wildman–Crippen MR) is 242 cm³/mol. The van der Waals surface area contributed by atoms with Crippen LogP contribution in [0.1, 0.15) is 51.7 Å². The Kier molecular flexibility index (Phi) is 23.3. The van der Waals surface area contributed by atoms with E-state index in [0.717, 1.165) is 35.8 Å². The van der Waals surface area contributed by atoms with E-state index in [4.69, 9.17) is 34.3 Å². The zero-order valence-electron chi connectivity index (χ0n) is 39.5. The lowest BCUT2D eigenvalue weighted by Gasteiger charge is -2.46. The van der Waals surface area contributed by atoms with Gasteiger partial charge in [-0.1, -0.05) is 0 Å². The van der Waals surface area contributed by atoms with Gasteiger partial charge in [0.25, 0.3) is 12.3 Å². The van der Waals surface area contributed by atoms with Crippen LogP contribution in [0.15, 0.2) is 17.1 Å². The SMILES string of the molecule is C[C@H](O)[C@@H](OC(O)OP(=O)(O)O[C@@]1(C(=O)O)C[C@@H](O)[C@@H](NC(=O)CNC(=O)CCCSC2CC(=O)N(CCCC(=O)NCCO[C@@H]3OC(C(=O)O)[C@@H](O)C(O)[C@@H]3O)C2=O)C([C@H](O)[C@H](O)CO)O1)n1ccc(N)nc1=O. The summed E-state index contributed by atoms with van der Waals surface area (Å²) < 4.78 is 43.3. The number of aromatic nitrogens is 2. The van der Waals surface area contributed by atoms with Gasteiger partial charge in [0.2, 0.25) is 29.5 Å². The summed E-state index contributed by atoms with van der Waals surface area (Å²) in [5.74, 6) is -10.8. The molecule has 0 bridgehead atoms. The first-order valence-electron chi connectivity index (χ1n) is 22.6. The van der Waals surface area contributed by atoms with E-state index in [1.165, 1.54) is 0 Å². The molecule has 4 heterocycles. The summed E-state index contributed by atoms with van der Waals surface area (Å²) in [6, 6.07) is -0.809. The quantitative estimate of drug-likeness (QED) is 0.0153. The van der Waals surface area contributed by atoms with Gasteiger partial charge in [0.05, 0.1) is 43.3 Å². The molecule has 36 heteroatoms. The third kappa shape index (κ3) is 17.3. The number of hydrogen-bond donors (Lipinski definition) is 16. The van der Waals surface area contributed by atoms with Gasteiger partial charge in [0, 0.05) is 45.0 Å². The molecule has 5 amide bonds. The van der Waals surface area contributed by atoms with Gasteiger partial charge in [-0.25, -0.2) is 28.0 Å². The second-order valence-electron chi connectivity index (χ2n) is 16.9. The van der Waals surface area contributed by atoms with Crippen molar-refractivity contribution in [1.29, 1.82) is 0 Å². The average molecular weight is 1120 g/mol. The highest BCUT2D eigenvalue weighted by Crippen LogP contribution is 2.52. The molecular formula is C39H60N7O27PS. The maximum atomic E-state index is 13.1. The number of phosphoric ester groups is 1. The second kappa shape index (κ2) is 27.9. The Morgan fingerprint density at radius 2 is 1.65 bits per heavy atom. The lowest BCUT2D eigenvalue weighted by atomic mass is 9.88. The summed E-state index contributed by atoms with van der Waals surface area (Å²) in [5.41, 5.74) is 4.32. The summed E-state index contributed by atoms with van der Waals surface area (Å²) in [5, 5.41) is 117. The number of carboxylic acids is 2. The van der Waals surface area contributed by atoms with Crippen molar-refractivity contribution < 1.29 is 127 Å². The summed E-state index contributed by atoms with van der Waals surface area (Å²) >= 11 is 1.08. The van der Waals surface area contributed by atoms with Crippen molar-refractivity contribution in [3.05, 3.63) is 22.7 Å². The van der Waals surface area contributed by atoms with Gasteiger partial charge in [0.1, 0.15) is 42.4 Å². The number of nitrogens with two attached hydrogens (primary N) is 1. The molecule has 3 aliphatic heterocycles. The van der Waals surface area contributed by atoms with Crippen LogP contribution in [0.3, 0.4) is 0 Å². The molecule has 0 spiro atoms. The molecular weight excluding hydrogens is 1060 g/mol. The first kappa shape index (κ1) is 62.6. The molecule has 34 nitrogen and oxygen atoms in total. The zero-order chi connectivity index (χ0) is 56.1. The van der Waals surface area contributed by atoms with Crippen LogP contribution in [0.4, 0.5) is 5.82 Å². The van der Waals surface area contributed by atoms with Crippen LogP contribution in [0.5, 0.6) is 0 Å². The number of anilines is 1. The first-order chi connectivity index (χ1) is 35.1. The normalized spacial score (nSPS) is 28.8. The van der Waals surface area contributed by atoms with Gasteiger partial charge >= 0.3 is 25.5 Å². The summed E-state index contributed by atoms with van der Waals surface area (Å²) in [6.45, 7) is -4.37. The third-order valence-electron chi connectivity index (χ3n) is 11.2. The molecule has 6 unspecified atom stereocenters. The lowest BCUT2D eigenvalue weighted by molar-refractivity contribution is -0.303. The number of hydrogen-bond acceptors (Lipinski definition) is 27. The number of nitrogens with zero attached hydrogens (tertiary/aromatic N) is 3. The molecule has 3 aliphatic rings. The van der Waals surface area contributed by atoms with Crippen LogP contribution >= 0.6 is 19.6 Å². The highest BCUT2D eigenvalue weighted by molar-refractivity contribution is 8.00. The largest absolute Gasteiger partial charge is 0.479 e. The van der Waals surface area contributed by atoms with Crippen LogP contribution in [0, 0.1) is 0 Å². The van der Waals surface area contributed by atoms with Gasteiger partial charge in [-0.2, -0.15) is 4.98 Å². The van der Waals surface area contributed by atoms with E-state index in [2.05, 4.69) is 25.5 Å². The summed E-state index contributed by atoms with van der Waals surface area (Å²) in [7, 11) is -5.97. The molecule has 1 aromatic rings. The van der Waals surface area contributed by atoms with Crippen LogP contribution < -0.4 is 27.4 Å². The maximum absolute atomic E-state index is 13.1. The molecule has 16 atom stereocenters. The minimum absolute atomic E-state index is 0.0796. The first-order valence-corrected chi connectivity index (χ1v) is 25.1. The standard InChI is InChI=1S/C39H60N7O27PS/c1-16(48)33(46-9-6-20(40)43-37(46)64)70-38(65)72-74(66,67)73-39(36(62)63)13-17(49)25(30(71-39)26(55)18(50)15-47)44-23(53)14-42-22(52)5-3-11-75-19-12-24(54)45(32(19)59)8-2-4-21(51)41-7-10-68-35-29(58)27(56)28(57)31(69-35)34(60)61/h6,9,16-19,25-31,33,35,38,47-50,55-58,65H,2-5,7-8,10-15H2,1H3,(H,41,51)(H,42,52)(H,44,53)(H,60,61)(H,62,63)(H,66,67)(H2,40,43,64)/t16-,17+,18+,19?,25+,26+,27?,28-,29-,30?,31?,33+,35+,38?,39+/m0/s1. The summed E-state index contributed by atoms with van der Waals surface area (Å²) in [4.78, 5) is 114. The number of carbonyl (C=O) groups is 7. The number of nitrogens with one attached hydrogen (secondary N) is 3. The van der Waals surface area contributed by atoms with E-state index in [0.29, 0.717) is 4.57 Å². The lowest BCUT2D eigenvalue weighted by Crippen LogP contribution is -2.68. The van der Waals surface area contributed by atoms with E-state index < -0.39 is 166 Å². The van der Waals surface area contributed by atoms with Crippen LogP contribution in [-0.2, 0) is 66.1 Å². The number of phosphoric acid groups is 1. The number of nitrogen functional groups attached to an aromatic ring is 1. The highest BCUT2D eigenvalue weighted by Gasteiger charge is 2.59. The van der Waals surface area contributed by atoms with Crippen LogP contribution in [-0.4, -0.2) is 240 Å². The fraction of sp³-hybridized carbons (Fsp3) is 0.718. The van der Waals surface area contributed by atoms with Crippen LogP contribution in [0.2, 0.25) is 0 Å². The fourth-order valence-corrected chi connectivity index (χ4v) is 9.52. The van der Waals surface area contributed by atoms with E-state index in [1.807, 2.05) is 0 Å². The maximum Gasteiger partial charge on any atom is 0.479 e. The Morgan fingerprint density at radius 1 is 0.987 bits per heavy atom. The minimum Gasteiger partial charge on any atom is -0.479 e. The van der Waals surface area contributed by atoms with Crippen molar-refractivity contribution in [2.24, 2.45) is 0 Å². The molecule has 75 heavy (non-hydrogen) atoms. The number of ether oxygens (including phenoxy) is 4. The smallest absolute Gasteiger partial charge is 0.479 e. The summed E-state index contributed by atoms with van der Waals surface area (Å²) in [6.07, 6.45) is -22.3. The number of aliphatic hydroxyl groups excluding tert-OH is 9. The van der Waals surface area contributed by atoms with E-state index >= 15 is 0 Å². The number of thioether (sulfide) groups is 1. The Hall–Kier alpha value is -4.89. The number of aliphatic carboxylic acids is 2. The van der Waals surface area contributed by atoms with Crippen molar-refractivity contribution in [3.63, 3.8) is 0 Å². The van der Waals surface area contributed by atoms with Crippen molar-refractivity contribution in [1.82, 2.24) is 30.4 Å². The minimum atomic E-state index is -5.97. The van der Waals surface area contributed by atoms with Crippen molar-refractivity contribution in [2.75, 3.05) is 44.3 Å². The number of amides is 5. The van der Waals surface area contributed by atoms with E-state index in [1.54, 1.807) is 0 Å². The number of likely N-dealkylation sites (tertiary alicyclic amines) is 1.